The fraction of sp³-hybridized carbons (Fsp3) is 0.318. The molecule has 54 heavy (non-hydrogen) atoms. The Morgan fingerprint density at radius 3 is 1.22 bits per heavy atom. The summed E-state index contributed by atoms with van der Waals surface area (Å²) in [5.41, 5.74) is 1.87. The van der Waals surface area contributed by atoms with E-state index in [0.29, 0.717) is 41.3 Å². The zero-order valence-electron chi connectivity index (χ0n) is 32.2. The zero-order chi connectivity index (χ0) is 38.8. The molecule has 8 nitrogen and oxygen atoms in total. The van der Waals surface area contributed by atoms with E-state index in [0.717, 1.165) is 36.8 Å². The van der Waals surface area contributed by atoms with E-state index in [2.05, 4.69) is 41.5 Å². The van der Waals surface area contributed by atoms with E-state index in [-0.39, 0.29) is 11.8 Å². The quantitative estimate of drug-likeness (QED) is 0.0767. The number of hydrogen-bond donors (Lipinski definition) is 0. The largest absolute Gasteiger partial charge is 0.647 e. The van der Waals surface area contributed by atoms with Crippen LogP contribution in [0.15, 0.2) is 140 Å². The maximum Gasteiger partial charge on any atom is 0.647 e. The third kappa shape index (κ3) is 13.7. The Balaban J connectivity index is 0.000000244. The standard InChI is InChI=1S/C24H27O4P.C20H27O4P/c1-18(2)21-14-8-10-16-23(21)27-29(25,26-20-12-6-5-7-13-20)28-24-17-11-9-15-22(24)19(3)4;1-3-5-12-18(4-2)17-22-25(21,23-19-13-8-6-9-14-19)24-20-15-10-7-11-16-20/h5-19H,1-4H3;6-11,13-16,18H,3-5,12,17H2,1-2H3. The lowest BCUT2D eigenvalue weighted by atomic mass is 10.0. The summed E-state index contributed by atoms with van der Waals surface area (Å²) in [7, 11) is -7.78. The number of para-hydroxylation sites is 5. The Labute approximate surface area is 322 Å². The minimum atomic E-state index is -4.02. The van der Waals surface area contributed by atoms with Gasteiger partial charge in [0.25, 0.3) is 0 Å². The van der Waals surface area contributed by atoms with E-state index in [9.17, 15) is 9.13 Å². The summed E-state index contributed by atoms with van der Waals surface area (Å²) in [4.78, 5) is 0. The van der Waals surface area contributed by atoms with Crippen molar-refractivity contribution in [2.75, 3.05) is 6.61 Å². The van der Waals surface area contributed by atoms with Gasteiger partial charge < -0.3 is 22.6 Å². The number of phosphoric ester groups is 2. The van der Waals surface area contributed by atoms with Crippen molar-refractivity contribution in [2.45, 2.75) is 79.1 Å². The van der Waals surface area contributed by atoms with Gasteiger partial charge in [-0.1, -0.05) is 152 Å². The number of benzene rings is 5. The van der Waals surface area contributed by atoms with E-state index in [1.807, 2.05) is 91.0 Å². The molecule has 10 heteroatoms. The molecule has 0 aliphatic carbocycles. The Morgan fingerprint density at radius 2 is 0.852 bits per heavy atom. The lowest BCUT2D eigenvalue weighted by Gasteiger charge is -2.23. The predicted molar refractivity (Wildman–Crippen MR) is 218 cm³/mol. The molecule has 0 heterocycles. The van der Waals surface area contributed by atoms with Crippen molar-refractivity contribution in [3.05, 3.63) is 151 Å². The van der Waals surface area contributed by atoms with Gasteiger partial charge in [0, 0.05) is 0 Å². The Morgan fingerprint density at radius 1 is 0.481 bits per heavy atom. The van der Waals surface area contributed by atoms with Crippen LogP contribution in [-0.4, -0.2) is 6.61 Å². The molecular formula is C44H54O8P2. The third-order valence-corrected chi connectivity index (χ3v) is 11.0. The molecule has 0 saturated carbocycles. The van der Waals surface area contributed by atoms with Crippen LogP contribution in [0.3, 0.4) is 0 Å². The maximum absolute atomic E-state index is 13.8. The van der Waals surface area contributed by atoms with E-state index < -0.39 is 15.6 Å². The fourth-order valence-electron chi connectivity index (χ4n) is 5.38. The van der Waals surface area contributed by atoms with Crippen LogP contribution < -0.4 is 22.6 Å². The molecule has 5 aromatic rings. The van der Waals surface area contributed by atoms with Gasteiger partial charge in [0.05, 0.1) is 6.61 Å². The molecule has 1 unspecified atom stereocenters. The molecule has 5 rings (SSSR count). The lowest BCUT2D eigenvalue weighted by molar-refractivity contribution is 0.170. The molecule has 0 bridgehead atoms. The smallest absolute Gasteiger partial charge is 0.395 e. The van der Waals surface area contributed by atoms with Gasteiger partial charge in [-0.05, 0) is 83.8 Å². The number of hydrogen-bond acceptors (Lipinski definition) is 8. The molecule has 0 spiro atoms. The van der Waals surface area contributed by atoms with Crippen molar-refractivity contribution in [2.24, 2.45) is 5.92 Å². The van der Waals surface area contributed by atoms with Crippen molar-refractivity contribution in [1.29, 1.82) is 0 Å². The van der Waals surface area contributed by atoms with Gasteiger partial charge >= 0.3 is 15.6 Å². The number of rotatable bonds is 19. The molecule has 0 N–H and O–H groups in total. The normalized spacial score (nSPS) is 12.0. The summed E-state index contributed by atoms with van der Waals surface area (Å²) in [5.74, 6) is 3.05. The first kappa shape index (κ1) is 42.3. The summed E-state index contributed by atoms with van der Waals surface area (Å²) in [6, 6.07) is 41.9. The van der Waals surface area contributed by atoms with Crippen molar-refractivity contribution >= 4 is 15.6 Å². The van der Waals surface area contributed by atoms with Crippen LogP contribution in [0.2, 0.25) is 0 Å². The highest BCUT2D eigenvalue weighted by Gasteiger charge is 2.35. The molecule has 0 radical (unpaired) electrons. The van der Waals surface area contributed by atoms with Crippen LogP contribution in [0.25, 0.3) is 0 Å². The van der Waals surface area contributed by atoms with Crippen molar-refractivity contribution < 1.29 is 36.3 Å². The first-order valence-corrected chi connectivity index (χ1v) is 21.6. The SMILES string of the molecule is CC(C)c1ccccc1OP(=O)(Oc1ccccc1)Oc1ccccc1C(C)C.CCCCC(CC)COP(=O)(Oc1ccccc1)Oc1ccccc1. The molecule has 0 aromatic heterocycles. The van der Waals surface area contributed by atoms with Gasteiger partial charge in [-0.3, -0.25) is 4.52 Å². The topological polar surface area (TPSA) is 89.5 Å². The molecule has 0 fully saturated rings. The highest BCUT2D eigenvalue weighted by Crippen LogP contribution is 2.52. The van der Waals surface area contributed by atoms with Gasteiger partial charge in [0.2, 0.25) is 0 Å². The summed E-state index contributed by atoms with van der Waals surface area (Å²) in [6.45, 7) is 12.9. The molecule has 1 atom stereocenters. The molecule has 0 saturated heterocycles. The highest BCUT2D eigenvalue weighted by molar-refractivity contribution is 7.50. The minimum Gasteiger partial charge on any atom is -0.395 e. The van der Waals surface area contributed by atoms with Crippen molar-refractivity contribution in [3.63, 3.8) is 0 Å². The van der Waals surface area contributed by atoms with Gasteiger partial charge in [-0.2, -0.15) is 4.57 Å². The van der Waals surface area contributed by atoms with Crippen LogP contribution in [0.5, 0.6) is 28.7 Å². The van der Waals surface area contributed by atoms with Crippen LogP contribution in [0, 0.1) is 5.92 Å². The Kier molecular flexibility index (Phi) is 16.8. The summed E-state index contributed by atoms with van der Waals surface area (Å²) < 4.78 is 61.6. The van der Waals surface area contributed by atoms with Crippen LogP contribution in [-0.2, 0) is 13.7 Å². The van der Waals surface area contributed by atoms with Gasteiger partial charge in [0.15, 0.2) is 0 Å². The summed E-state index contributed by atoms with van der Waals surface area (Å²) >= 11 is 0. The van der Waals surface area contributed by atoms with E-state index >= 15 is 0 Å². The molecular weight excluding hydrogens is 718 g/mol. The second kappa shape index (κ2) is 21.4. The fourth-order valence-corrected chi connectivity index (χ4v) is 7.98. The zero-order valence-corrected chi connectivity index (χ0v) is 34.0. The van der Waals surface area contributed by atoms with Gasteiger partial charge in [-0.15, -0.1) is 0 Å². The maximum atomic E-state index is 13.8. The summed E-state index contributed by atoms with van der Waals surface area (Å²) in [5, 5.41) is 0. The third-order valence-electron chi connectivity index (χ3n) is 8.40. The summed E-state index contributed by atoms with van der Waals surface area (Å²) in [6.07, 6.45) is 4.28. The molecule has 5 aromatic carbocycles. The average Bonchev–Trinajstić information content (AvgIpc) is 3.16. The molecule has 288 valence electrons. The average molecular weight is 773 g/mol. The van der Waals surface area contributed by atoms with Crippen LogP contribution in [0.4, 0.5) is 0 Å². The second-order valence-electron chi connectivity index (χ2n) is 13.4. The van der Waals surface area contributed by atoms with Crippen molar-refractivity contribution in [1.82, 2.24) is 0 Å². The monoisotopic (exact) mass is 772 g/mol. The predicted octanol–water partition coefficient (Wildman–Crippen LogP) is 14.1. The number of phosphoric acid groups is 2. The Bertz CT molecular complexity index is 1800. The first-order valence-electron chi connectivity index (χ1n) is 18.7. The number of unbranched alkanes of at least 4 members (excludes halogenated alkanes) is 1. The highest BCUT2D eigenvalue weighted by atomic mass is 31.2. The Hall–Kier alpha value is -4.48. The molecule has 0 aliphatic rings. The van der Waals surface area contributed by atoms with Gasteiger partial charge in [-0.25, -0.2) is 4.57 Å². The molecule has 0 aliphatic heterocycles. The first-order chi connectivity index (χ1) is 26.0. The van der Waals surface area contributed by atoms with Crippen molar-refractivity contribution in [3.8, 4) is 28.7 Å². The van der Waals surface area contributed by atoms with E-state index in [4.69, 9.17) is 27.1 Å². The van der Waals surface area contributed by atoms with Crippen LogP contribution >= 0.6 is 15.6 Å². The van der Waals surface area contributed by atoms with Crippen LogP contribution in [0.1, 0.15) is 90.2 Å². The molecule has 0 amide bonds. The van der Waals surface area contributed by atoms with E-state index in [1.54, 1.807) is 48.5 Å². The lowest BCUT2D eigenvalue weighted by Crippen LogP contribution is -2.12. The van der Waals surface area contributed by atoms with E-state index in [1.165, 1.54) is 0 Å². The second-order valence-corrected chi connectivity index (χ2v) is 16.3. The minimum absolute atomic E-state index is 0.194. The van der Waals surface area contributed by atoms with Gasteiger partial charge in [0.1, 0.15) is 28.7 Å².